The van der Waals surface area contributed by atoms with Crippen LogP contribution in [-0.2, 0) is 11.3 Å². The topological polar surface area (TPSA) is 50.4 Å². The van der Waals surface area contributed by atoms with Gasteiger partial charge in [0.2, 0.25) is 5.91 Å². The average molecular weight is 426 g/mol. The SMILES string of the molecule is Cl.O=C(NCc1ccc(Br)cc1Oc1ccccc1)C1CCNCC1. The molecule has 0 spiro atoms. The summed E-state index contributed by atoms with van der Waals surface area (Å²) in [5, 5.41) is 6.33. The fourth-order valence-corrected chi connectivity index (χ4v) is 3.14. The fraction of sp³-hybridized carbons (Fsp3) is 0.316. The van der Waals surface area contributed by atoms with Crippen molar-refractivity contribution < 1.29 is 9.53 Å². The number of para-hydroxylation sites is 1. The van der Waals surface area contributed by atoms with E-state index in [0.717, 1.165) is 47.5 Å². The Labute approximate surface area is 162 Å². The Morgan fingerprint density at radius 1 is 1.16 bits per heavy atom. The second kappa shape index (κ2) is 9.80. The summed E-state index contributed by atoms with van der Waals surface area (Å²) in [6, 6.07) is 15.5. The van der Waals surface area contributed by atoms with E-state index in [1.807, 2.05) is 48.5 Å². The van der Waals surface area contributed by atoms with Crippen LogP contribution < -0.4 is 15.4 Å². The first kappa shape index (κ1) is 19.8. The van der Waals surface area contributed by atoms with Gasteiger partial charge in [0.05, 0.1) is 0 Å². The minimum absolute atomic E-state index is 0. The number of ether oxygens (including phenoxy) is 1. The summed E-state index contributed by atoms with van der Waals surface area (Å²) < 4.78 is 6.92. The molecule has 0 aromatic heterocycles. The Kier molecular flexibility index (Phi) is 7.75. The largest absolute Gasteiger partial charge is 0.457 e. The molecule has 1 aliphatic rings. The Bertz CT molecular complexity index is 691. The first-order valence-corrected chi connectivity index (χ1v) is 9.01. The number of carbonyl (C=O) groups is 1. The predicted octanol–water partition coefficient (Wildman–Crippen LogP) is 4.28. The summed E-state index contributed by atoms with van der Waals surface area (Å²) in [5.74, 6) is 1.77. The lowest BCUT2D eigenvalue weighted by Gasteiger charge is -2.22. The highest BCUT2D eigenvalue weighted by Crippen LogP contribution is 2.28. The van der Waals surface area contributed by atoms with E-state index in [9.17, 15) is 4.79 Å². The summed E-state index contributed by atoms with van der Waals surface area (Å²) >= 11 is 3.48. The van der Waals surface area contributed by atoms with Gasteiger partial charge in [-0.1, -0.05) is 40.2 Å². The molecule has 134 valence electrons. The molecular weight excluding hydrogens is 404 g/mol. The summed E-state index contributed by atoms with van der Waals surface area (Å²) in [7, 11) is 0. The molecule has 3 rings (SSSR count). The molecule has 1 saturated heterocycles. The van der Waals surface area contributed by atoms with Crippen molar-refractivity contribution in [2.45, 2.75) is 19.4 Å². The van der Waals surface area contributed by atoms with E-state index < -0.39 is 0 Å². The van der Waals surface area contributed by atoms with Crippen LogP contribution in [0.5, 0.6) is 11.5 Å². The van der Waals surface area contributed by atoms with Crippen LogP contribution >= 0.6 is 28.3 Å². The first-order chi connectivity index (χ1) is 11.7. The van der Waals surface area contributed by atoms with Gasteiger partial charge < -0.3 is 15.4 Å². The highest BCUT2D eigenvalue weighted by molar-refractivity contribution is 9.10. The van der Waals surface area contributed by atoms with Crippen molar-refractivity contribution in [2.24, 2.45) is 5.92 Å². The molecule has 0 radical (unpaired) electrons. The monoisotopic (exact) mass is 424 g/mol. The van der Waals surface area contributed by atoms with Gasteiger partial charge in [-0.05, 0) is 50.2 Å². The average Bonchev–Trinajstić information content (AvgIpc) is 2.62. The van der Waals surface area contributed by atoms with Crippen molar-refractivity contribution in [3.63, 3.8) is 0 Å². The molecule has 2 N–H and O–H groups in total. The molecule has 0 unspecified atom stereocenters. The molecule has 1 amide bonds. The summed E-state index contributed by atoms with van der Waals surface area (Å²) in [6.45, 7) is 2.30. The fourth-order valence-electron chi connectivity index (χ4n) is 2.80. The molecule has 2 aromatic carbocycles. The van der Waals surface area contributed by atoms with E-state index in [0.29, 0.717) is 6.54 Å². The standard InChI is InChI=1S/C19H21BrN2O2.ClH/c20-16-7-6-15(13-22-19(23)14-8-10-21-11-9-14)18(12-16)24-17-4-2-1-3-5-17;/h1-7,12,14,21H,8-11,13H2,(H,22,23);1H. The Morgan fingerprint density at radius 3 is 2.60 bits per heavy atom. The van der Waals surface area contributed by atoms with Crippen LogP contribution in [0.3, 0.4) is 0 Å². The van der Waals surface area contributed by atoms with Crippen molar-refractivity contribution in [3.8, 4) is 11.5 Å². The van der Waals surface area contributed by atoms with Crippen molar-refractivity contribution >= 4 is 34.2 Å². The third-order valence-corrected chi connectivity index (χ3v) is 4.66. The molecule has 6 heteroatoms. The van der Waals surface area contributed by atoms with Crippen LogP contribution in [0.15, 0.2) is 53.0 Å². The molecule has 25 heavy (non-hydrogen) atoms. The minimum atomic E-state index is 0. The smallest absolute Gasteiger partial charge is 0.223 e. The minimum Gasteiger partial charge on any atom is -0.457 e. The number of hydrogen-bond donors (Lipinski definition) is 2. The number of carbonyl (C=O) groups excluding carboxylic acids is 1. The highest BCUT2D eigenvalue weighted by Gasteiger charge is 2.20. The molecule has 1 fully saturated rings. The van der Waals surface area contributed by atoms with Crippen molar-refractivity contribution in [1.82, 2.24) is 10.6 Å². The maximum atomic E-state index is 12.3. The van der Waals surface area contributed by atoms with E-state index in [1.165, 1.54) is 0 Å². The van der Waals surface area contributed by atoms with Crippen molar-refractivity contribution in [2.75, 3.05) is 13.1 Å². The van der Waals surface area contributed by atoms with Gasteiger partial charge in [0.25, 0.3) is 0 Å². The Hall–Kier alpha value is -1.56. The molecular formula is C19H22BrClN2O2. The van der Waals surface area contributed by atoms with Gasteiger partial charge in [-0.2, -0.15) is 0 Å². The molecule has 0 bridgehead atoms. The molecule has 1 aliphatic heterocycles. The number of amides is 1. The second-order valence-electron chi connectivity index (χ2n) is 5.91. The molecule has 0 aliphatic carbocycles. The van der Waals surface area contributed by atoms with Gasteiger partial charge in [0, 0.05) is 22.5 Å². The maximum Gasteiger partial charge on any atom is 0.223 e. The predicted molar refractivity (Wildman–Crippen MR) is 105 cm³/mol. The number of halogens is 2. The zero-order chi connectivity index (χ0) is 16.8. The zero-order valence-electron chi connectivity index (χ0n) is 13.8. The van der Waals surface area contributed by atoms with Crippen LogP contribution in [0, 0.1) is 5.92 Å². The highest BCUT2D eigenvalue weighted by atomic mass is 79.9. The zero-order valence-corrected chi connectivity index (χ0v) is 16.2. The lowest BCUT2D eigenvalue weighted by atomic mass is 9.97. The molecule has 2 aromatic rings. The number of nitrogens with one attached hydrogen (secondary N) is 2. The van der Waals surface area contributed by atoms with E-state index in [-0.39, 0.29) is 24.2 Å². The number of benzene rings is 2. The number of rotatable bonds is 5. The summed E-state index contributed by atoms with van der Waals surface area (Å²) in [4.78, 5) is 12.3. The van der Waals surface area contributed by atoms with Gasteiger partial charge in [-0.15, -0.1) is 12.4 Å². The third kappa shape index (κ3) is 5.73. The summed E-state index contributed by atoms with van der Waals surface area (Å²) in [5.41, 5.74) is 0.962. The van der Waals surface area contributed by atoms with Gasteiger partial charge >= 0.3 is 0 Å². The van der Waals surface area contributed by atoms with Crippen LogP contribution in [-0.4, -0.2) is 19.0 Å². The van der Waals surface area contributed by atoms with E-state index in [4.69, 9.17) is 4.74 Å². The van der Waals surface area contributed by atoms with E-state index in [1.54, 1.807) is 0 Å². The lowest BCUT2D eigenvalue weighted by molar-refractivity contribution is -0.125. The van der Waals surface area contributed by atoms with Crippen molar-refractivity contribution in [1.29, 1.82) is 0 Å². The van der Waals surface area contributed by atoms with Crippen molar-refractivity contribution in [3.05, 3.63) is 58.6 Å². The summed E-state index contributed by atoms with van der Waals surface area (Å²) in [6.07, 6.45) is 1.80. The molecule has 0 atom stereocenters. The van der Waals surface area contributed by atoms with Crippen LogP contribution in [0.1, 0.15) is 18.4 Å². The van der Waals surface area contributed by atoms with Gasteiger partial charge in [0.15, 0.2) is 0 Å². The number of piperidine rings is 1. The van der Waals surface area contributed by atoms with Crippen LogP contribution in [0.4, 0.5) is 0 Å². The first-order valence-electron chi connectivity index (χ1n) is 8.22. The number of hydrogen-bond acceptors (Lipinski definition) is 3. The van der Waals surface area contributed by atoms with E-state index >= 15 is 0 Å². The quantitative estimate of drug-likeness (QED) is 0.752. The normalized spacial score (nSPS) is 14.4. The third-order valence-electron chi connectivity index (χ3n) is 4.16. The lowest BCUT2D eigenvalue weighted by Crippen LogP contribution is -2.37. The Balaban J connectivity index is 0.00000225. The van der Waals surface area contributed by atoms with Crippen LogP contribution in [0.2, 0.25) is 0 Å². The van der Waals surface area contributed by atoms with Gasteiger partial charge in [-0.3, -0.25) is 4.79 Å². The molecule has 1 heterocycles. The molecule has 0 saturated carbocycles. The van der Waals surface area contributed by atoms with Crippen LogP contribution in [0.25, 0.3) is 0 Å². The maximum absolute atomic E-state index is 12.3. The van der Waals surface area contributed by atoms with E-state index in [2.05, 4.69) is 26.6 Å². The second-order valence-corrected chi connectivity index (χ2v) is 6.82. The molecule has 4 nitrogen and oxygen atoms in total. The Morgan fingerprint density at radius 2 is 1.88 bits per heavy atom. The van der Waals surface area contributed by atoms with Gasteiger partial charge in [-0.25, -0.2) is 0 Å². The van der Waals surface area contributed by atoms with Gasteiger partial charge in [0.1, 0.15) is 11.5 Å².